The third-order valence-corrected chi connectivity index (χ3v) is 2.85. The number of benzene rings is 1. The Balaban J connectivity index is 0. The van der Waals surface area contributed by atoms with E-state index in [2.05, 4.69) is 0 Å². The van der Waals surface area contributed by atoms with Gasteiger partial charge in [-0.2, -0.15) is 0 Å². The Hall–Kier alpha value is 0.740. The van der Waals surface area contributed by atoms with E-state index in [1.165, 1.54) is 12.1 Å². The van der Waals surface area contributed by atoms with E-state index in [1.807, 2.05) is 0 Å². The molecule has 8 heteroatoms. The first kappa shape index (κ1) is 21.0. The second-order valence-corrected chi connectivity index (χ2v) is 4.20. The molecule has 1 aromatic carbocycles. The second-order valence-electron chi connectivity index (χ2n) is 3.14. The average molecular weight is 307 g/mol. The zero-order valence-corrected chi connectivity index (χ0v) is 15.4. The van der Waals surface area contributed by atoms with Gasteiger partial charge in [-0.1, -0.05) is 29.8 Å². The van der Waals surface area contributed by atoms with Crippen molar-refractivity contribution in [3.05, 3.63) is 34.9 Å². The molecule has 0 atom stereocenters. The van der Waals surface area contributed by atoms with Gasteiger partial charge in [0.15, 0.2) is 0 Å². The first-order valence-electron chi connectivity index (χ1n) is 4.23. The number of carboxylic acids is 2. The minimum atomic E-state index is -2.61. The molecular weight excluding hydrogens is 301 g/mol. The van der Waals surface area contributed by atoms with Crippen molar-refractivity contribution >= 4 is 35.1 Å². The molecule has 0 heterocycles. The van der Waals surface area contributed by atoms with Crippen molar-refractivity contribution in [3.8, 4) is 0 Å². The number of carbonyl (C=O) groups excluding carboxylic acids is 2. The number of hydrogen-bond acceptors (Lipinski definition) is 4. The van der Waals surface area contributed by atoms with Gasteiger partial charge in [-0.15, -0.1) is 11.6 Å². The summed E-state index contributed by atoms with van der Waals surface area (Å²) in [5, 5.41) is 21.6. The quantitative estimate of drug-likeness (QED) is 0.315. The standard InChI is InChI=1S/C10H8Cl2O4.2Na/c11-7-4-2-1-3-6(7)5-10(12,8(13)14)9(15)16;;/h1-4H,5H2,(H,13,14)(H,15,16);;/q;2*+1/p-2. The van der Waals surface area contributed by atoms with Crippen LogP contribution in [0.5, 0.6) is 0 Å². The van der Waals surface area contributed by atoms with Gasteiger partial charge in [-0.05, 0) is 11.6 Å². The first-order valence-corrected chi connectivity index (χ1v) is 4.98. The van der Waals surface area contributed by atoms with Crippen LogP contribution in [0.4, 0.5) is 0 Å². The molecule has 0 unspecified atom stereocenters. The zero-order valence-electron chi connectivity index (χ0n) is 9.91. The topological polar surface area (TPSA) is 80.3 Å². The maximum absolute atomic E-state index is 10.7. The molecular formula is C10H6Cl2Na2O4. The number of aliphatic carboxylic acids is 2. The van der Waals surface area contributed by atoms with Gasteiger partial charge in [0.05, 0.1) is 11.9 Å². The second kappa shape index (κ2) is 8.82. The molecule has 0 aromatic heterocycles. The van der Waals surface area contributed by atoms with Gasteiger partial charge in [0, 0.05) is 11.4 Å². The molecule has 1 rings (SSSR count). The third-order valence-electron chi connectivity index (χ3n) is 2.04. The minimum absolute atomic E-state index is 0. The molecule has 18 heavy (non-hydrogen) atoms. The summed E-state index contributed by atoms with van der Waals surface area (Å²) in [6, 6.07) is 6.19. The first-order chi connectivity index (χ1) is 7.38. The number of alkyl halides is 1. The van der Waals surface area contributed by atoms with E-state index in [4.69, 9.17) is 23.2 Å². The summed E-state index contributed by atoms with van der Waals surface area (Å²) in [6.07, 6.45) is -0.501. The molecule has 86 valence electrons. The predicted octanol–water partition coefficient (Wildman–Crippen LogP) is -6.63. The molecule has 0 bridgehead atoms. The minimum Gasteiger partial charge on any atom is -0.548 e. The fraction of sp³-hybridized carbons (Fsp3) is 0.200. The summed E-state index contributed by atoms with van der Waals surface area (Å²) in [5.41, 5.74) is 0.299. The summed E-state index contributed by atoms with van der Waals surface area (Å²) in [7, 11) is 0. The molecule has 0 aliphatic rings. The van der Waals surface area contributed by atoms with Crippen molar-refractivity contribution in [1.29, 1.82) is 0 Å². The predicted molar refractivity (Wildman–Crippen MR) is 53.8 cm³/mol. The summed E-state index contributed by atoms with van der Waals surface area (Å²) in [4.78, 5) is 18.7. The Bertz CT molecular complexity index is 426. The Kier molecular flexibility index (Phi) is 10.3. The molecule has 4 nitrogen and oxygen atoms in total. The summed E-state index contributed by atoms with van der Waals surface area (Å²) < 4.78 is 0. The molecule has 0 aliphatic carbocycles. The van der Waals surface area contributed by atoms with E-state index >= 15 is 0 Å². The number of halogens is 2. The third kappa shape index (κ3) is 5.02. The summed E-state index contributed by atoms with van der Waals surface area (Å²) >= 11 is 11.2. The van der Waals surface area contributed by atoms with Crippen LogP contribution in [-0.4, -0.2) is 16.8 Å². The van der Waals surface area contributed by atoms with E-state index < -0.39 is 23.2 Å². The monoisotopic (exact) mass is 306 g/mol. The molecule has 1 aromatic rings. The van der Waals surface area contributed by atoms with Gasteiger partial charge in [0.2, 0.25) is 0 Å². The molecule has 0 fully saturated rings. The number of carbonyl (C=O) groups is 2. The van der Waals surface area contributed by atoms with Crippen molar-refractivity contribution < 1.29 is 78.9 Å². The number of carboxylic acid groups (broad SMARTS) is 2. The maximum Gasteiger partial charge on any atom is 1.00 e. The Labute approximate surface area is 158 Å². The van der Waals surface area contributed by atoms with Crippen molar-refractivity contribution in [2.45, 2.75) is 11.3 Å². The van der Waals surface area contributed by atoms with Gasteiger partial charge in [0.25, 0.3) is 0 Å². The van der Waals surface area contributed by atoms with E-state index in [1.54, 1.807) is 12.1 Å². The summed E-state index contributed by atoms with van der Waals surface area (Å²) in [5.74, 6) is -3.84. The van der Waals surface area contributed by atoms with Crippen LogP contribution in [0, 0.1) is 0 Å². The molecule has 0 saturated carbocycles. The van der Waals surface area contributed by atoms with Crippen LogP contribution in [-0.2, 0) is 16.0 Å². The van der Waals surface area contributed by atoms with E-state index in [9.17, 15) is 19.8 Å². The number of hydrogen-bond donors (Lipinski definition) is 0. The summed E-state index contributed by atoms with van der Waals surface area (Å²) in [6.45, 7) is 0. The molecule has 0 saturated heterocycles. The van der Waals surface area contributed by atoms with Crippen molar-refractivity contribution in [3.63, 3.8) is 0 Å². The van der Waals surface area contributed by atoms with Crippen LogP contribution in [0.2, 0.25) is 5.02 Å². The largest absolute Gasteiger partial charge is 1.00 e. The fourth-order valence-electron chi connectivity index (χ4n) is 1.13. The maximum atomic E-state index is 10.7. The Morgan fingerprint density at radius 3 is 1.94 bits per heavy atom. The van der Waals surface area contributed by atoms with Gasteiger partial charge in [0.1, 0.15) is 4.87 Å². The van der Waals surface area contributed by atoms with E-state index in [-0.39, 0.29) is 64.1 Å². The smallest absolute Gasteiger partial charge is 0.548 e. The molecule has 0 amide bonds. The molecule has 0 spiro atoms. The molecule has 0 radical (unpaired) electrons. The van der Waals surface area contributed by atoms with Gasteiger partial charge in [-0.25, -0.2) is 0 Å². The van der Waals surface area contributed by atoms with Crippen molar-refractivity contribution in [2.24, 2.45) is 0 Å². The van der Waals surface area contributed by atoms with Gasteiger partial charge < -0.3 is 19.8 Å². The SMILES string of the molecule is O=C([O-])C(Cl)(Cc1ccccc1Cl)C(=O)[O-].[Na+].[Na+]. The van der Waals surface area contributed by atoms with Crippen LogP contribution in [0.25, 0.3) is 0 Å². The molecule has 0 aliphatic heterocycles. The van der Waals surface area contributed by atoms with Crippen LogP contribution < -0.4 is 69.3 Å². The zero-order chi connectivity index (χ0) is 12.3. The van der Waals surface area contributed by atoms with Crippen LogP contribution in [0.3, 0.4) is 0 Å². The Morgan fingerprint density at radius 1 is 1.11 bits per heavy atom. The van der Waals surface area contributed by atoms with E-state index in [0.717, 1.165) is 0 Å². The van der Waals surface area contributed by atoms with Crippen LogP contribution in [0.1, 0.15) is 5.56 Å². The van der Waals surface area contributed by atoms with Gasteiger partial charge >= 0.3 is 59.1 Å². The van der Waals surface area contributed by atoms with E-state index in [0.29, 0.717) is 5.56 Å². The van der Waals surface area contributed by atoms with Crippen LogP contribution in [0.15, 0.2) is 24.3 Å². The van der Waals surface area contributed by atoms with Crippen LogP contribution >= 0.6 is 23.2 Å². The number of rotatable bonds is 4. The van der Waals surface area contributed by atoms with Crippen molar-refractivity contribution in [1.82, 2.24) is 0 Å². The fourth-order valence-corrected chi connectivity index (χ4v) is 1.48. The Morgan fingerprint density at radius 2 is 1.56 bits per heavy atom. The van der Waals surface area contributed by atoms with Crippen molar-refractivity contribution in [2.75, 3.05) is 0 Å². The molecule has 0 N–H and O–H groups in total. The average Bonchev–Trinajstić information content (AvgIpc) is 2.20. The normalized spacial score (nSPS) is 9.89. The van der Waals surface area contributed by atoms with Gasteiger partial charge in [-0.3, -0.25) is 0 Å².